The smallest absolute Gasteiger partial charge is 0.418 e. The third-order valence-electron chi connectivity index (χ3n) is 3.49. The summed E-state index contributed by atoms with van der Waals surface area (Å²) in [6.07, 6.45) is -0.931. The molecular formula is C13H16N4O9S2. The number of carboxylic acids is 1. The van der Waals surface area contributed by atoms with Crippen molar-refractivity contribution in [2.75, 3.05) is 12.3 Å². The minimum atomic E-state index is -5.08. The highest BCUT2D eigenvalue weighted by Gasteiger charge is 2.57. The van der Waals surface area contributed by atoms with Gasteiger partial charge in [-0.25, -0.2) is 9.78 Å². The average molecular weight is 439 g/mol. The number of hydroxylamine groups is 2. The summed E-state index contributed by atoms with van der Waals surface area (Å²) < 4.78 is 57.5. The highest BCUT2D eigenvalue weighted by molar-refractivity contribution is 7.80. The molecule has 154 valence electrons. The van der Waals surface area contributed by atoms with Crippen molar-refractivity contribution in [1.29, 1.82) is 0 Å². The number of nitrogens with zero attached hydrogens (tertiary/aromatic N) is 3. The van der Waals surface area contributed by atoms with Gasteiger partial charge >= 0.3 is 16.4 Å². The summed E-state index contributed by atoms with van der Waals surface area (Å²) >= 11 is 0.866. The molecule has 4 N–H and O–H groups in total. The number of hydrogen-bond donors (Lipinski definition) is 3. The van der Waals surface area contributed by atoms with E-state index in [1.807, 2.05) is 0 Å². The maximum Gasteiger partial charge on any atom is 0.418 e. The lowest BCUT2D eigenvalue weighted by Gasteiger charge is -2.50. The zero-order chi connectivity index (χ0) is 24.0. The molecule has 1 aromatic heterocycles. The molecule has 0 aromatic carbocycles. The van der Waals surface area contributed by atoms with Crippen molar-refractivity contribution in [3.8, 4) is 0 Å². The molecule has 0 saturated carbocycles. The lowest BCUT2D eigenvalue weighted by atomic mass is 9.74. The average Bonchev–Trinajstić information content (AvgIpc) is 3.04. The molecule has 0 spiro atoms. The first kappa shape index (κ1) is 17.5. The van der Waals surface area contributed by atoms with E-state index in [0.29, 0.717) is 0 Å². The summed E-state index contributed by atoms with van der Waals surface area (Å²) in [7, 11) is -5.08. The number of nitrogens with two attached hydrogens (primary N) is 1. The van der Waals surface area contributed by atoms with E-state index in [0.717, 1.165) is 11.3 Å². The van der Waals surface area contributed by atoms with Crippen molar-refractivity contribution >= 4 is 50.2 Å². The fraction of sp³-hybridized carbons (Fsp3) is 0.462. The Kier molecular flexibility index (Phi) is 4.86. The summed E-state index contributed by atoms with van der Waals surface area (Å²) in [5, 5.41) is 13.4. The van der Waals surface area contributed by atoms with Gasteiger partial charge in [-0.3, -0.25) is 14.1 Å². The summed E-state index contributed by atoms with van der Waals surface area (Å²) in [4.78, 5) is 44.1. The van der Waals surface area contributed by atoms with Crippen LogP contribution in [0, 0.1) is 5.89 Å². The van der Waals surface area contributed by atoms with E-state index in [4.69, 9.17) is 19.5 Å². The Labute approximate surface area is 166 Å². The number of rotatable bonds is 9. The van der Waals surface area contributed by atoms with Crippen LogP contribution in [0.25, 0.3) is 0 Å². The molecular weight excluding hydrogens is 420 g/mol. The van der Waals surface area contributed by atoms with E-state index in [-0.39, 0.29) is 15.9 Å². The molecule has 2 rings (SSSR count). The van der Waals surface area contributed by atoms with Gasteiger partial charge in [-0.05, 0) is 13.8 Å². The number of aromatic nitrogens is 1. The van der Waals surface area contributed by atoms with Crippen LogP contribution >= 0.6 is 11.3 Å². The lowest BCUT2D eigenvalue weighted by molar-refractivity contribution is -0.228. The standard InChI is InChI=1S/C13H16N4O9S2/c1-13(2)6(11(21)17(13)26-28(22,23)24)3-8(18)10(16-25-4-9(19)20)7-5-27-12(14)15-7/h5-6H,3-4H2,1-2H3,(H2,14,15)(H,19,20)(H,22,23,24)/b16-10-/t6-/m1/s1/i4D2,6D. The second kappa shape index (κ2) is 7.78. The van der Waals surface area contributed by atoms with Crippen LogP contribution in [0.5, 0.6) is 0 Å². The van der Waals surface area contributed by atoms with Gasteiger partial charge < -0.3 is 15.7 Å². The third-order valence-corrected chi connectivity index (χ3v) is 4.50. The quantitative estimate of drug-likeness (QED) is 0.193. The Morgan fingerprint density at radius 1 is 1.57 bits per heavy atom. The van der Waals surface area contributed by atoms with Crippen molar-refractivity contribution < 1.29 is 45.7 Å². The molecule has 1 fully saturated rings. The predicted octanol–water partition coefficient (Wildman–Crippen LogP) is -0.539. The number of anilines is 1. The molecule has 1 aromatic rings. The molecule has 1 aliphatic heterocycles. The van der Waals surface area contributed by atoms with E-state index >= 15 is 0 Å². The summed E-state index contributed by atoms with van der Waals surface area (Å²) in [6, 6.07) is 0. The number of carbonyl (C=O) groups excluding carboxylic acids is 2. The highest BCUT2D eigenvalue weighted by Crippen LogP contribution is 2.40. The van der Waals surface area contributed by atoms with Gasteiger partial charge in [-0.15, -0.1) is 15.6 Å². The third kappa shape index (κ3) is 4.80. The first-order valence-electron chi connectivity index (χ1n) is 8.68. The number of oxime groups is 1. The SMILES string of the molecule is [2H]C([2H])(O/N=C(\C(=O)C[C@]1([2H])C(=O)N(OS(=O)(=O)O)C1(C)C)c1csc(N)n1)C(=O)O. The fourth-order valence-electron chi connectivity index (χ4n) is 2.21. The molecule has 0 unspecified atom stereocenters. The second-order valence-electron chi connectivity index (χ2n) is 5.75. The number of carboxylic acid groups (broad SMARTS) is 1. The van der Waals surface area contributed by atoms with Crippen LogP contribution in [0.3, 0.4) is 0 Å². The second-order valence-corrected chi connectivity index (χ2v) is 7.64. The van der Waals surface area contributed by atoms with Crippen LogP contribution in [0.1, 0.15) is 30.1 Å². The zero-order valence-electron chi connectivity index (χ0n) is 17.3. The van der Waals surface area contributed by atoms with Gasteiger partial charge in [0.1, 0.15) is 5.69 Å². The van der Waals surface area contributed by atoms with Gasteiger partial charge in [-0.2, -0.15) is 13.5 Å². The van der Waals surface area contributed by atoms with Crippen LogP contribution < -0.4 is 5.73 Å². The highest BCUT2D eigenvalue weighted by atomic mass is 32.3. The number of ketones is 1. The molecule has 1 atom stereocenters. The fourth-order valence-corrected chi connectivity index (χ4v) is 3.20. The number of hydrogen-bond acceptors (Lipinski definition) is 11. The van der Waals surface area contributed by atoms with E-state index in [2.05, 4.69) is 19.3 Å². The molecule has 28 heavy (non-hydrogen) atoms. The minimum absolute atomic E-state index is 0.0230. The van der Waals surface area contributed by atoms with Crippen molar-refractivity contribution in [2.24, 2.45) is 11.0 Å². The largest absolute Gasteiger partial charge is 0.479 e. The topological polar surface area (TPSA) is 199 Å². The molecule has 1 saturated heterocycles. The Morgan fingerprint density at radius 2 is 2.21 bits per heavy atom. The van der Waals surface area contributed by atoms with Crippen molar-refractivity contribution in [2.45, 2.75) is 25.8 Å². The van der Waals surface area contributed by atoms with Crippen LogP contribution in [0.4, 0.5) is 5.13 Å². The minimum Gasteiger partial charge on any atom is -0.479 e. The number of Topliss-reactive ketones (excluding diaryl/α,β-unsaturated/α-hetero) is 1. The molecule has 2 heterocycles. The summed E-state index contributed by atoms with van der Waals surface area (Å²) in [5.74, 6) is -6.69. The lowest BCUT2D eigenvalue weighted by Crippen LogP contribution is -2.68. The summed E-state index contributed by atoms with van der Waals surface area (Å²) in [6.45, 7) is -0.925. The number of nitrogen functional groups attached to an aromatic ring is 1. The number of thiazole rings is 1. The van der Waals surface area contributed by atoms with Crippen LogP contribution in [0.2, 0.25) is 0 Å². The van der Waals surface area contributed by atoms with E-state index < -0.39 is 58.2 Å². The molecule has 15 heteroatoms. The predicted molar refractivity (Wildman–Crippen MR) is 93.3 cm³/mol. The van der Waals surface area contributed by atoms with Gasteiger partial charge in [0.2, 0.25) is 6.56 Å². The number of carbonyl (C=O) groups is 3. The Balaban J connectivity index is 2.36. The monoisotopic (exact) mass is 439 g/mol. The van der Waals surface area contributed by atoms with Crippen LogP contribution in [-0.2, 0) is 33.9 Å². The maximum atomic E-state index is 12.8. The van der Waals surface area contributed by atoms with Gasteiger partial charge in [0.25, 0.3) is 5.91 Å². The Bertz CT molecular complexity index is 1070. The van der Waals surface area contributed by atoms with Gasteiger partial charge in [-0.1, -0.05) is 5.16 Å². The molecule has 1 amide bonds. The Hall–Kier alpha value is -2.62. The van der Waals surface area contributed by atoms with Crippen LogP contribution in [-0.4, -0.2) is 63.6 Å². The molecule has 13 nitrogen and oxygen atoms in total. The maximum absolute atomic E-state index is 12.8. The van der Waals surface area contributed by atoms with E-state index in [1.165, 1.54) is 19.2 Å². The number of amides is 1. The Morgan fingerprint density at radius 3 is 2.68 bits per heavy atom. The van der Waals surface area contributed by atoms with Gasteiger partial charge in [0.05, 0.1) is 14.2 Å². The number of β-lactam (4-membered cyclic amide) rings is 1. The first-order valence-corrected chi connectivity index (χ1v) is 9.42. The van der Waals surface area contributed by atoms with E-state index in [9.17, 15) is 22.8 Å². The van der Waals surface area contributed by atoms with Gasteiger partial charge in [0.15, 0.2) is 16.6 Å². The van der Waals surface area contributed by atoms with Crippen molar-refractivity contribution in [3.63, 3.8) is 0 Å². The molecule has 0 aliphatic carbocycles. The summed E-state index contributed by atoms with van der Waals surface area (Å²) in [5.41, 5.74) is 2.82. The number of aliphatic carboxylic acids is 1. The van der Waals surface area contributed by atoms with E-state index in [1.54, 1.807) is 0 Å². The van der Waals surface area contributed by atoms with Gasteiger partial charge in [0, 0.05) is 13.2 Å². The zero-order valence-corrected chi connectivity index (χ0v) is 15.9. The first-order chi connectivity index (χ1) is 13.9. The molecule has 0 radical (unpaired) electrons. The normalized spacial score (nSPS) is 24.0. The molecule has 1 aliphatic rings. The van der Waals surface area contributed by atoms with Crippen LogP contribution in [0.15, 0.2) is 10.5 Å². The molecule has 0 bridgehead atoms. The van der Waals surface area contributed by atoms with Crippen molar-refractivity contribution in [3.05, 3.63) is 11.1 Å². The van der Waals surface area contributed by atoms with Crippen molar-refractivity contribution in [1.82, 2.24) is 10.0 Å².